The lowest BCUT2D eigenvalue weighted by Crippen LogP contribution is -2.40. The van der Waals surface area contributed by atoms with Crippen LogP contribution >= 0.6 is 0 Å². The predicted octanol–water partition coefficient (Wildman–Crippen LogP) is 5.51. The second kappa shape index (κ2) is 8.75. The summed E-state index contributed by atoms with van der Waals surface area (Å²) in [6, 6.07) is 11.2. The number of aromatic nitrogens is 1. The molecule has 0 spiro atoms. The molecule has 31 heavy (non-hydrogen) atoms. The van der Waals surface area contributed by atoms with Crippen LogP contribution in [-0.2, 0) is 12.8 Å². The van der Waals surface area contributed by atoms with E-state index in [1.165, 1.54) is 30.0 Å². The molecule has 4 nitrogen and oxygen atoms in total. The number of nitrogens with zero attached hydrogens (tertiary/aromatic N) is 1. The molecule has 1 atom stereocenters. The first kappa shape index (κ1) is 20.1. The van der Waals surface area contributed by atoms with Crippen LogP contribution in [-0.4, -0.2) is 35.6 Å². The van der Waals surface area contributed by atoms with Crippen molar-refractivity contribution in [3.05, 3.63) is 71.8 Å². The van der Waals surface area contributed by atoms with Crippen LogP contribution in [0.4, 0.5) is 10.1 Å². The zero-order valence-corrected chi connectivity index (χ0v) is 18.0. The van der Waals surface area contributed by atoms with Crippen molar-refractivity contribution in [1.29, 1.82) is 0 Å². The summed E-state index contributed by atoms with van der Waals surface area (Å²) in [5.74, 6) is 1.47. The van der Waals surface area contributed by atoms with Crippen molar-refractivity contribution >= 4 is 16.6 Å². The molecule has 2 aromatic carbocycles. The van der Waals surface area contributed by atoms with Gasteiger partial charge in [0.2, 0.25) is 0 Å². The van der Waals surface area contributed by atoms with Gasteiger partial charge in [-0.15, -0.1) is 0 Å². The van der Waals surface area contributed by atoms with E-state index in [0.717, 1.165) is 54.8 Å². The van der Waals surface area contributed by atoms with Crippen molar-refractivity contribution in [2.45, 2.75) is 38.7 Å². The van der Waals surface area contributed by atoms with Gasteiger partial charge in [-0.3, -0.25) is 4.90 Å². The van der Waals surface area contributed by atoms with E-state index in [1.807, 2.05) is 12.3 Å². The Morgan fingerprint density at radius 3 is 2.94 bits per heavy atom. The molecule has 3 aromatic rings. The summed E-state index contributed by atoms with van der Waals surface area (Å²) in [4.78, 5) is 5.80. The fraction of sp³-hybridized carbons (Fsp3) is 0.385. The van der Waals surface area contributed by atoms with Crippen LogP contribution < -0.4 is 10.1 Å². The van der Waals surface area contributed by atoms with Crippen LogP contribution in [0.3, 0.4) is 0 Å². The Balaban J connectivity index is 1.14. The van der Waals surface area contributed by atoms with Gasteiger partial charge in [0.1, 0.15) is 17.7 Å². The van der Waals surface area contributed by atoms with E-state index in [4.69, 9.17) is 4.74 Å². The monoisotopic (exact) mass is 419 g/mol. The van der Waals surface area contributed by atoms with E-state index >= 15 is 0 Å². The molecule has 162 valence electrons. The number of ether oxygens (including phenoxy) is 1. The molecule has 0 saturated carbocycles. The van der Waals surface area contributed by atoms with Crippen LogP contribution in [0.1, 0.15) is 30.9 Å². The standard InChI is InChI=1S/C26H30FN3O/c1-18(31-26-6-2-5-24-22(26)4-3-11-28-24)17-30-12-9-19(10-13-30)14-20-16-29-25-8-7-21(27)15-23(20)25/h2-3,5-8,11,15-16,18-19,28-29H,4,9-10,12-14,17H2,1H3. The molecular formula is C26H30FN3O. The van der Waals surface area contributed by atoms with Crippen molar-refractivity contribution in [1.82, 2.24) is 9.88 Å². The van der Waals surface area contributed by atoms with Crippen LogP contribution in [0.15, 0.2) is 54.9 Å². The van der Waals surface area contributed by atoms with Gasteiger partial charge in [0.15, 0.2) is 0 Å². The first-order chi connectivity index (χ1) is 15.2. The molecular weight excluding hydrogens is 389 g/mol. The second-order valence-corrected chi connectivity index (χ2v) is 8.91. The van der Waals surface area contributed by atoms with Crippen LogP contribution in [0.25, 0.3) is 10.9 Å². The normalized spacial score (nSPS) is 18.0. The lowest BCUT2D eigenvalue weighted by atomic mass is 9.90. The number of aromatic amines is 1. The number of benzene rings is 2. The van der Waals surface area contributed by atoms with Gasteiger partial charge in [0.25, 0.3) is 0 Å². The molecule has 0 bridgehead atoms. The van der Waals surface area contributed by atoms with Gasteiger partial charge in [0, 0.05) is 34.9 Å². The van der Waals surface area contributed by atoms with Crippen LogP contribution in [0.2, 0.25) is 0 Å². The summed E-state index contributed by atoms with van der Waals surface area (Å²) >= 11 is 0. The highest BCUT2D eigenvalue weighted by Crippen LogP contribution is 2.31. The number of hydrogen-bond donors (Lipinski definition) is 2. The number of likely N-dealkylation sites (tertiary alicyclic amines) is 1. The summed E-state index contributed by atoms with van der Waals surface area (Å²) in [6.45, 7) is 5.29. The zero-order chi connectivity index (χ0) is 21.2. The summed E-state index contributed by atoms with van der Waals surface area (Å²) in [6.07, 6.45) is 10.6. The molecule has 2 N–H and O–H groups in total. The number of nitrogens with one attached hydrogen (secondary N) is 2. The van der Waals surface area contributed by atoms with Crippen molar-refractivity contribution < 1.29 is 9.13 Å². The third-order valence-electron chi connectivity index (χ3n) is 6.60. The quantitative estimate of drug-likeness (QED) is 0.553. The number of halogens is 1. The first-order valence-electron chi connectivity index (χ1n) is 11.3. The zero-order valence-electron chi connectivity index (χ0n) is 18.0. The summed E-state index contributed by atoms with van der Waals surface area (Å²) in [5, 5.41) is 4.33. The topological polar surface area (TPSA) is 40.3 Å². The van der Waals surface area contributed by atoms with Crippen molar-refractivity contribution in [3.63, 3.8) is 0 Å². The molecule has 2 aliphatic rings. The number of rotatable bonds is 6. The molecule has 1 fully saturated rings. The Morgan fingerprint density at radius 1 is 1.19 bits per heavy atom. The molecule has 1 saturated heterocycles. The lowest BCUT2D eigenvalue weighted by molar-refractivity contribution is 0.113. The maximum atomic E-state index is 13.7. The second-order valence-electron chi connectivity index (χ2n) is 8.91. The summed E-state index contributed by atoms with van der Waals surface area (Å²) in [5.41, 5.74) is 4.64. The fourth-order valence-electron chi connectivity index (χ4n) is 4.97. The van der Waals surface area contributed by atoms with Gasteiger partial charge in [-0.1, -0.05) is 12.1 Å². The van der Waals surface area contributed by atoms with Gasteiger partial charge in [-0.25, -0.2) is 4.39 Å². The highest BCUT2D eigenvalue weighted by Gasteiger charge is 2.23. The SMILES string of the molecule is CC(CN1CCC(Cc2c[nH]c3ccc(F)cc23)CC1)Oc1cccc2c1CC=CN2. The highest BCUT2D eigenvalue weighted by atomic mass is 19.1. The molecule has 0 radical (unpaired) electrons. The van der Waals surface area contributed by atoms with Crippen molar-refractivity contribution in [3.8, 4) is 5.75 Å². The number of anilines is 1. The van der Waals surface area contributed by atoms with Crippen LogP contribution in [0, 0.1) is 11.7 Å². The minimum atomic E-state index is -0.163. The third-order valence-corrected chi connectivity index (χ3v) is 6.60. The van der Waals surface area contributed by atoms with E-state index in [1.54, 1.807) is 6.07 Å². The maximum absolute atomic E-state index is 13.7. The van der Waals surface area contributed by atoms with E-state index in [0.29, 0.717) is 5.92 Å². The lowest BCUT2D eigenvalue weighted by Gasteiger charge is -2.33. The van der Waals surface area contributed by atoms with Crippen LogP contribution in [0.5, 0.6) is 5.75 Å². The number of fused-ring (bicyclic) bond motifs is 2. The summed E-state index contributed by atoms with van der Waals surface area (Å²) < 4.78 is 20.0. The molecule has 0 amide bonds. The Hall–Kier alpha value is -2.79. The smallest absolute Gasteiger partial charge is 0.125 e. The average Bonchev–Trinajstić information content (AvgIpc) is 3.17. The third kappa shape index (κ3) is 4.47. The van der Waals surface area contributed by atoms with Gasteiger partial charge >= 0.3 is 0 Å². The molecule has 2 aliphatic heterocycles. The maximum Gasteiger partial charge on any atom is 0.125 e. The minimum absolute atomic E-state index is 0.144. The molecule has 1 unspecified atom stereocenters. The van der Waals surface area contributed by atoms with Crippen molar-refractivity contribution in [2.24, 2.45) is 5.92 Å². The first-order valence-corrected chi connectivity index (χ1v) is 11.3. The van der Waals surface area contributed by atoms with E-state index < -0.39 is 0 Å². The predicted molar refractivity (Wildman–Crippen MR) is 124 cm³/mol. The molecule has 1 aromatic heterocycles. The largest absolute Gasteiger partial charge is 0.489 e. The molecule has 5 heteroatoms. The van der Waals surface area contributed by atoms with E-state index in [9.17, 15) is 4.39 Å². The Kier molecular flexibility index (Phi) is 5.68. The van der Waals surface area contributed by atoms with Crippen molar-refractivity contribution in [2.75, 3.05) is 25.0 Å². The number of hydrogen-bond acceptors (Lipinski definition) is 3. The van der Waals surface area contributed by atoms with E-state index in [-0.39, 0.29) is 11.9 Å². The van der Waals surface area contributed by atoms with Gasteiger partial charge < -0.3 is 15.0 Å². The average molecular weight is 420 g/mol. The minimum Gasteiger partial charge on any atom is -0.489 e. The van der Waals surface area contributed by atoms with Gasteiger partial charge in [0.05, 0.1) is 0 Å². The molecule has 3 heterocycles. The molecule has 0 aliphatic carbocycles. The van der Waals surface area contributed by atoms with Gasteiger partial charge in [-0.2, -0.15) is 0 Å². The number of piperidine rings is 1. The van der Waals surface area contributed by atoms with Gasteiger partial charge in [-0.05, 0) is 93.7 Å². The Bertz CT molecular complexity index is 1080. The fourth-order valence-corrected chi connectivity index (χ4v) is 4.97. The van der Waals surface area contributed by atoms with E-state index in [2.05, 4.69) is 52.6 Å². The number of allylic oxidation sites excluding steroid dienone is 1. The number of H-pyrrole nitrogens is 1. The molecule has 5 rings (SSSR count). The Labute approximate surface area is 183 Å². The Morgan fingerprint density at radius 2 is 2.06 bits per heavy atom. The highest BCUT2D eigenvalue weighted by molar-refractivity contribution is 5.83. The summed E-state index contributed by atoms with van der Waals surface area (Å²) in [7, 11) is 0.